The highest BCUT2D eigenvalue weighted by molar-refractivity contribution is 6.01. The van der Waals surface area contributed by atoms with E-state index in [1.165, 1.54) is 18.2 Å². The van der Waals surface area contributed by atoms with Crippen LogP contribution < -0.4 is 5.32 Å². The fraction of sp³-hybridized carbons (Fsp3) is 0.657. The minimum absolute atomic E-state index is 0.0484. The van der Waals surface area contributed by atoms with Crippen LogP contribution >= 0.6 is 0 Å². The van der Waals surface area contributed by atoms with E-state index in [1.54, 1.807) is 39.0 Å². The summed E-state index contributed by atoms with van der Waals surface area (Å²) in [6, 6.07) is 4.76. The average Bonchev–Trinajstić information content (AvgIpc) is 3.18. The number of benzene rings is 1. The van der Waals surface area contributed by atoms with Crippen LogP contribution in [0.2, 0.25) is 0 Å². The van der Waals surface area contributed by atoms with Crippen molar-refractivity contribution in [2.24, 2.45) is 28.6 Å². The molecule has 4 aliphatic carbocycles. The molecule has 5 rings (SSSR count). The molecule has 1 unspecified atom stereocenters. The summed E-state index contributed by atoms with van der Waals surface area (Å²) in [5.74, 6) is -2.07. The van der Waals surface area contributed by atoms with Gasteiger partial charge >= 0.3 is 0 Å². The van der Waals surface area contributed by atoms with Crippen molar-refractivity contribution in [1.29, 1.82) is 0 Å². The number of ketones is 2. The third-order valence-electron chi connectivity index (χ3n) is 11.3. The summed E-state index contributed by atoms with van der Waals surface area (Å²) < 4.78 is 16.9. The number of hydrogen-bond acceptors (Lipinski definition) is 9. The van der Waals surface area contributed by atoms with Crippen LogP contribution in [0.15, 0.2) is 42.0 Å². The molecule has 7 N–H and O–H groups in total. The molecular formula is C35H50FNO8. The predicted molar refractivity (Wildman–Crippen MR) is 167 cm³/mol. The van der Waals surface area contributed by atoms with E-state index in [9.17, 15) is 35.1 Å². The Kier molecular flexibility index (Phi) is 9.66. The summed E-state index contributed by atoms with van der Waals surface area (Å²) in [6.45, 7) is 10.7. The molecule has 0 saturated heterocycles. The lowest BCUT2D eigenvalue weighted by Gasteiger charge is -2.62. The maximum Gasteiger partial charge on any atom is 0.190 e. The van der Waals surface area contributed by atoms with E-state index in [0.717, 1.165) is 0 Å². The summed E-state index contributed by atoms with van der Waals surface area (Å²) in [6.07, 6.45) is 3.79. The van der Waals surface area contributed by atoms with Crippen LogP contribution in [0, 0.1) is 28.6 Å². The lowest BCUT2D eigenvalue weighted by atomic mass is 9.44. The molecule has 0 radical (unpaired) electrons. The van der Waals surface area contributed by atoms with Gasteiger partial charge in [0.2, 0.25) is 0 Å². The van der Waals surface area contributed by atoms with Crippen molar-refractivity contribution in [2.45, 2.75) is 103 Å². The van der Waals surface area contributed by atoms with Crippen LogP contribution in [0.5, 0.6) is 5.75 Å². The zero-order valence-electron chi connectivity index (χ0n) is 27.2. The Hall–Kier alpha value is -2.47. The Bertz CT molecular complexity index is 1370. The highest BCUT2D eigenvalue weighted by atomic mass is 19.1. The van der Waals surface area contributed by atoms with E-state index in [4.69, 9.17) is 5.11 Å². The maximum atomic E-state index is 16.9. The van der Waals surface area contributed by atoms with E-state index in [2.05, 4.69) is 5.32 Å². The number of phenols is 1. The van der Waals surface area contributed by atoms with E-state index in [1.807, 2.05) is 20.8 Å². The van der Waals surface area contributed by atoms with Gasteiger partial charge in [-0.3, -0.25) is 9.59 Å². The first kappa shape index (κ1) is 35.4. The monoisotopic (exact) mass is 631 g/mol. The van der Waals surface area contributed by atoms with Crippen LogP contribution in [0.1, 0.15) is 84.5 Å². The maximum absolute atomic E-state index is 16.9. The zero-order chi connectivity index (χ0) is 33.8. The number of carbonyl (C=O) groups is 2. The molecule has 9 nitrogen and oxygen atoms in total. The summed E-state index contributed by atoms with van der Waals surface area (Å²) in [5, 5.41) is 63.6. The number of aliphatic hydroxyl groups is 5. The number of hydrogen-bond donors (Lipinski definition) is 7. The van der Waals surface area contributed by atoms with Crippen molar-refractivity contribution in [3.8, 4) is 5.75 Å². The van der Waals surface area contributed by atoms with E-state index in [-0.39, 0.29) is 36.0 Å². The highest BCUT2D eigenvalue weighted by Crippen LogP contribution is 2.70. The van der Waals surface area contributed by atoms with Gasteiger partial charge in [0, 0.05) is 34.4 Å². The molecular weight excluding hydrogens is 581 g/mol. The molecule has 1 aromatic carbocycles. The van der Waals surface area contributed by atoms with Crippen molar-refractivity contribution in [3.63, 3.8) is 0 Å². The number of fused-ring (bicyclic) bond motifs is 5. The molecule has 0 aliphatic heterocycles. The van der Waals surface area contributed by atoms with Crippen molar-refractivity contribution in [2.75, 3.05) is 13.2 Å². The van der Waals surface area contributed by atoms with Crippen molar-refractivity contribution < 1.29 is 44.6 Å². The molecule has 0 spiro atoms. The molecule has 1 aromatic rings. The van der Waals surface area contributed by atoms with E-state index < -0.39 is 58.5 Å². The molecule has 0 aromatic heterocycles. The van der Waals surface area contributed by atoms with Gasteiger partial charge in [0.1, 0.15) is 18.0 Å². The number of Topliss-reactive ketones (excluding diaryl/α,β-unsaturated/α-hetero) is 1. The number of carbonyl (C=O) groups excluding carboxylic acids is 2. The molecule has 3 saturated carbocycles. The number of allylic oxidation sites excluding steroid dienone is 4. The molecule has 0 amide bonds. The van der Waals surface area contributed by atoms with Crippen molar-refractivity contribution in [3.05, 3.63) is 53.1 Å². The molecule has 0 bridgehead atoms. The summed E-state index contributed by atoms with van der Waals surface area (Å²) in [7, 11) is 0. The van der Waals surface area contributed by atoms with Gasteiger partial charge < -0.3 is 36.0 Å². The van der Waals surface area contributed by atoms with Crippen molar-refractivity contribution in [1.82, 2.24) is 5.32 Å². The number of halogens is 1. The lowest BCUT2D eigenvalue weighted by Crippen LogP contribution is -2.69. The van der Waals surface area contributed by atoms with Gasteiger partial charge in [-0.15, -0.1) is 0 Å². The van der Waals surface area contributed by atoms with Gasteiger partial charge in [-0.25, -0.2) is 4.39 Å². The third kappa shape index (κ3) is 5.72. The Balaban J connectivity index is 0.000000233. The molecule has 0 heterocycles. The highest BCUT2D eigenvalue weighted by Gasteiger charge is 2.75. The normalized spacial score (nSPS) is 37.9. The first-order valence-corrected chi connectivity index (χ1v) is 15.8. The smallest absolute Gasteiger partial charge is 0.190 e. The Morgan fingerprint density at radius 3 is 2.44 bits per heavy atom. The summed E-state index contributed by atoms with van der Waals surface area (Å²) in [4.78, 5) is 24.4. The van der Waals surface area contributed by atoms with Gasteiger partial charge in [-0.2, -0.15) is 0 Å². The first-order valence-electron chi connectivity index (χ1n) is 15.8. The molecule has 4 aliphatic rings. The second-order valence-corrected chi connectivity index (χ2v) is 14.9. The topological polar surface area (TPSA) is 168 Å². The number of aliphatic hydroxyl groups excluding tert-OH is 4. The third-order valence-corrected chi connectivity index (χ3v) is 11.3. The summed E-state index contributed by atoms with van der Waals surface area (Å²) in [5.41, 5.74) is -4.11. The van der Waals surface area contributed by atoms with Crippen LogP contribution in [-0.2, 0) is 16.2 Å². The lowest BCUT2D eigenvalue weighted by molar-refractivity contribution is -0.219. The number of nitrogens with one attached hydrogen (secondary N) is 1. The van der Waals surface area contributed by atoms with Crippen LogP contribution in [0.25, 0.3) is 0 Å². The molecule has 250 valence electrons. The quantitative estimate of drug-likeness (QED) is 0.249. The van der Waals surface area contributed by atoms with Gasteiger partial charge in [-0.1, -0.05) is 31.6 Å². The van der Waals surface area contributed by atoms with E-state index in [0.29, 0.717) is 42.5 Å². The minimum atomic E-state index is -1.98. The molecule has 3 fully saturated rings. The second-order valence-electron chi connectivity index (χ2n) is 14.9. The van der Waals surface area contributed by atoms with E-state index >= 15 is 4.39 Å². The Morgan fingerprint density at radius 2 is 1.84 bits per heavy atom. The summed E-state index contributed by atoms with van der Waals surface area (Å²) >= 11 is 0. The second kappa shape index (κ2) is 12.3. The zero-order valence-corrected chi connectivity index (χ0v) is 27.2. The first-order chi connectivity index (χ1) is 20.8. The molecule has 10 heteroatoms. The van der Waals surface area contributed by atoms with Crippen LogP contribution in [0.3, 0.4) is 0 Å². The fourth-order valence-corrected chi connectivity index (χ4v) is 8.72. The van der Waals surface area contributed by atoms with Crippen LogP contribution in [0.4, 0.5) is 4.39 Å². The van der Waals surface area contributed by atoms with Crippen molar-refractivity contribution >= 4 is 11.6 Å². The van der Waals surface area contributed by atoms with Gasteiger partial charge in [0.05, 0.1) is 18.8 Å². The average molecular weight is 632 g/mol. The SMILES string of the molecule is CC(C)(C)NCC(O)c1ccc(O)c(CO)c1.C[C@@H]1C[C@H]2[C@@H]3CCC4=CC(=O)C=C[C@]4(C)[C@@]3(F)[C@@H](O)C[C@]2(C)[C@@]1(O)C(=O)CO. The standard InChI is InChI=1S/C22H29FO5.C13H21NO3/c1-12-8-16-15-5-4-13-9-14(25)6-7-19(13,2)21(15,23)17(26)10-20(16,3)22(12,28)18(27)11-24;1-13(2,3)14-7-12(17)9-4-5-11(16)10(6-9)8-15/h6-7,9,12,15-17,24,26,28H,4-5,8,10-11H2,1-3H3;4-6,12,14-17H,7-8H2,1-3H3/t12-,15+,16+,17+,19+,20+,21+,22+;/m1./s1. The predicted octanol–water partition coefficient (Wildman–Crippen LogP) is 3.20. The molecule has 45 heavy (non-hydrogen) atoms. The largest absolute Gasteiger partial charge is 0.508 e. The fourth-order valence-electron chi connectivity index (χ4n) is 8.72. The van der Waals surface area contributed by atoms with Gasteiger partial charge in [0.25, 0.3) is 0 Å². The number of rotatable bonds is 6. The Morgan fingerprint density at radius 1 is 1.18 bits per heavy atom. The van der Waals surface area contributed by atoms with Gasteiger partial charge in [0.15, 0.2) is 17.2 Å². The van der Waals surface area contributed by atoms with Crippen LogP contribution in [-0.4, -0.2) is 78.3 Å². The van der Waals surface area contributed by atoms with Gasteiger partial charge in [-0.05, 0) is 95.1 Å². The minimum Gasteiger partial charge on any atom is -0.508 e. The number of β-amino-alcohol motifs (C(OH)–C–C–N with tert-alkyl or cyclic N) is 1. The number of alkyl halides is 1. The number of aromatic hydroxyl groups is 1. The Labute approximate surface area is 264 Å². The molecule has 9 atom stereocenters.